The number of nitrogens with one attached hydrogen (secondary N) is 2. The van der Waals surface area contributed by atoms with E-state index in [4.69, 9.17) is 14.2 Å². The van der Waals surface area contributed by atoms with Gasteiger partial charge >= 0.3 is 0 Å². The van der Waals surface area contributed by atoms with E-state index >= 15 is 0 Å². The van der Waals surface area contributed by atoms with Crippen molar-refractivity contribution in [2.24, 2.45) is 0 Å². The summed E-state index contributed by atoms with van der Waals surface area (Å²) < 4.78 is 15.9. The van der Waals surface area contributed by atoms with Crippen LogP contribution >= 0.6 is 0 Å². The number of carbonyl (C=O) groups excluding carboxylic acids is 2. The zero-order valence-electron chi connectivity index (χ0n) is 16.0. The van der Waals surface area contributed by atoms with Crippen molar-refractivity contribution in [3.8, 4) is 11.5 Å². The molecule has 0 radical (unpaired) electrons. The van der Waals surface area contributed by atoms with Gasteiger partial charge in [-0.05, 0) is 29.8 Å². The van der Waals surface area contributed by atoms with Crippen LogP contribution in [0.15, 0.2) is 42.5 Å². The fourth-order valence-corrected chi connectivity index (χ4v) is 3.26. The summed E-state index contributed by atoms with van der Waals surface area (Å²) in [5.74, 6) is 1.16. The van der Waals surface area contributed by atoms with Crippen molar-refractivity contribution in [3.63, 3.8) is 0 Å². The van der Waals surface area contributed by atoms with Gasteiger partial charge in [0.15, 0.2) is 11.5 Å². The van der Waals surface area contributed by atoms with Gasteiger partial charge in [0, 0.05) is 25.3 Å². The fraction of sp³-hybridized carbons (Fsp3) is 0.333. The minimum absolute atomic E-state index is 0.0103. The van der Waals surface area contributed by atoms with Gasteiger partial charge in [0.1, 0.15) is 0 Å². The van der Waals surface area contributed by atoms with Crippen LogP contribution in [0.5, 0.6) is 11.5 Å². The minimum atomic E-state index is -0.218. The van der Waals surface area contributed by atoms with Gasteiger partial charge in [-0.25, -0.2) is 0 Å². The highest BCUT2D eigenvalue weighted by Crippen LogP contribution is 2.32. The third-order valence-electron chi connectivity index (χ3n) is 4.86. The van der Waals surface area contributed by atoms with Gasteiger partial charge in [0.25, 0.3) is 5.91 Å². The fourth-order valence-electron chi connectivity index (χ4n) is 3.26. The van der Waals surface area contributed by atoms with Crippen LogP contribution in [0, 0.1) is 0 Å². The highest BCUT2D eigenvalue weighted by Gasteiger charge is 2.18. The molecule has 8 heteroatoms. The summed E-state index contributed by atoms with van der Waals surface area (Å²) in [5.41, 5.74) is 2.02. The van der Waals surface area contributed by atoms with Crippen molar-refractivity contribution < 1.29 is 23.8 Å². The third-order valence-corrected chi connectivity index (χ3v) is 4.86. The maximum atomic E-state index is 12.7. The van der Waals surface area contributed by atoms with E-state index < -0.39 is 0 Å². The lowest BCUT2D eigenvalue weighted by Gasteiger charge is -2.27. The second-order valence-corrected chi connectivity index (χ2v) is 6.76. The van der Waals surface area contributed by atoms with Crippen molar-refractivity contribution in [2.45, 2.75) is 6.54 Å². The number of nitrogens with zero attached hydrogens (tertiary/aromatic N) is 1. The zero-order chi connectivity index (χ0) is 20.1. The zero-order valence-corrected chi connectivity index (χ0v) is 16.0. The first-order valence-corrected chi connectivity index (χ1v) is 9.56. The molecule has 2 aromatic rings. The average Bonchev–Trinajstić information content (AvgIpc) is 3.24. The van der Waals surface area contributed by atoms with Gasteiger partial charge in [0.05, 0.1) is 25.3 Å². The number of amides is 2. The summed E-state index contributed by atoms with van der Waals surface area (Å²) in [7, 11) is 0. The Balaban J connectivity index is 1.35. The predicted octanol–water partition coefficient (Wildman–Crippen LogP) is 1.62. The molecule has 2 aliphatic heterocycles. The van der Waals surface area contributed by atoms with Gasteiger partial charge in [-0.1, -0.05) is 18.2 Å². The molecule has 2 aromatic carbocycles. The molecule has 152 valence electrons. The number of anilines is 1. The third kappa shape index (κ3) is 4.60. The number of ether oxygens (including phenoxy) is 3. The molecule has 0 saturated carbocycles. The predicted molar refractivity (Wildman–Crippen MR) is 106 cm³/mol. The van der Waals surface area contributed by atoms with Gasteiger partial charge in [0.2, 0.25) is 12.7 Å². The number of carbonyl (C=O) groups is 2. The molecule has 0 bridgehead atoms. The summed E-state index contributed by atoms with van der Waals surface area (Å²) in [6.45, 7) is 3.02. The molecule has 0 atom stereocenters. The molecule has 8 nitrogen and oxygen atoms in total. The number of rotatable bonds is 6. The summed E-state index contributed by atoms with van der Waals surface area (Å²) in [5, 5.41) is 6.00. The average molecular weight is 397 g/mol. The maximum Gasteiger partial charge on any atom is 0.253 e. The van der Waals surface area contributed by atoms with Crippen molar-refractivity contribution in [1.82, 2.24) is 10.2 Å². The molecule has 0 spiro atoms. The van der Waals surface area contributed by atoms with E-state index in [1.807, 2.05) is 24.3 Å². The second kappa shape index (κ2) is 8.83. The molecule has 4 rings (SSSR count). The lowest BCUT2D eigenvalue weighted by molar-refractivity contribution is -0.133. The molecule has 1 fully saturated rings. The SMILES string of the molecule is O=C(NCc1ccc2c(c1)OCO2)c1ccccc1NCC(=O)N1CCOCC1. The van der Waals surface area contributed by atoms with E-state index in [2.05, 4.69) is 10.6 Å². The molecule has 2 N–H and O–H groups in total. The van der Waals surface area contributed by atoms with Crippen LogP contribution in [0.1, 0.15) is 15.9 Å². The monoisotopic (exact) mass is 397 g/mol. The van der Waals surface area contributed by atoms with E-state index in [9.17, 15) is 9.59 Å². The molecule has 29 heavy (non-hydrogen) atoms. The molecule has 1 saturated heterocycles. The number of para-hydroxylation sites is 1. The van der Waals surface area contributed by atoms with Gasteiger partial charge in [-0.2, -0.15) is 0 Å². The molecule has 2 amide bonds. The maximum absolute atomic E-state index is 12.7. The summed E-state index contributed by atoms with van der Waals surface area (Å²) in [6, 6.07) is 12.7. The smallest absolute Gasteiger partial charge is 0.253 e. The molecule has 2 heterocycles. The normalized spacial score (nSPS) is 15.1. The Morgan fingerprint density at radius 3 is 2.66 bits per heavy atom. The number of hydrogen-bond donors (Lipinski definition) is 2. The topological polar surface area (TPSA) is 89.1 Å². The summed E-state index contributed by atoms with van der Waals surface area (Å²) in [6.07, 6.45) is 0. The number of hydrogen-bond acceptors (Lipinski definition) is 6. The van der Waals surface area contributed by atoms with E-state index in [0.29, 0.717) is 55.6 Å². The molecule has 2 aliphatic rings. The number of fused-ring (bicyclic) bond motifs is 1. The van der Waals surface area contributed by atoms with Crippen molar-refractivity contribution in [2.75, 3.05) is 45.0 Å². The number of morpholine rings is 1. The van der Waals surface area contributed by atoms with Crippen molar-refractivity contribution in [3.05, 3.63) is 53.6 Å². The Morgan fingerprint density at radius 2 is 1.79 bits per heavy atom. The van der Waals surface area contributed by atoms with Crippen LogP contribution in [0.3, 0.4) is 0 Å². The van der Waals surface area contributed by atoms with Gasteiger partial charge < -0.3 is 29.7 Å². The lowest BCUT2D eigenvalue weighted by atomic mass is 10.1. The van der Waals surface area contributed by atoms with Crippen LogP contribution in [0.25, 0.3) is 0 Å². The van der Waals surface area contributed by atoms with E-state index in [1.54, 1.807) is 23.1 Å². The summed E-state index contributed by atoms with van der Waals surface area (Å²) >= 11 is 0. The first-order valence-electron chi connectivity index (χ1n) is 9.56. The quantitative estimate of drug-likeness (QED) is 0.770. The number of benzene rings is 2. The standard InChI is InChI=1S/C21H23N3O5/c25-20(24-7-9-27-10-8-24)13-22-17-4-2-1-3-16(17)21(26)23-12-15-5-6-18-19(11-15)29-14-28-18/h1-6,11,22H,7-10,12-14H2,(H,23,26). The van der Waals surface area contributed by atoms with Crippen LogP contribution in [0.4, 0.5) is 5.69 Å². The molecule has 0 aromatic heterocycles. The molecule has 0 unspecified atom stereocenters. The Hall–Kier alpha value is -3.26. The Labute approximate surface area is 168 Å². The summed E-state index contributed by atoms with van der Waals surface area (Å²) in [4.78, 5) is 26.8. The van der Waals surface area contributed by atoms with Crippen molar-refractivity contribution >= 4 is 17.5 Å². The van der Waals surface area contributed by atoms with Crippen LogP contribution < -0.4 is 20.1 Å². The van der Waals surface area contributed by atoms with E-state index in [0.717, 1.165) is 5.56 Å². The lowest BCUT2D eigenvalue weighted by Crippen LogP contribution is -2.43. The van der Waals surface area contributed by atoms with E-state index in [1.165, 1.54) is 0 Å². The highest BCUT2D eigenvalue weighted by molar-refractivity contribution is 6.00. The van der Waals surface area contributed by atoms with E-state index in [-0.39, 0.29) is 25.2 Å². The highest BCUT2D eigenvalue weighted by atomic mass is 16.7. The largest absolute Gasteiger partial charge is 0.454 e. The minimum Gasteiger partial charge on any atom is -0.454 e. The second-order valence-electron chi connectivity index (χ2n) is 6.76. The Morgan fingerprint density at radius 1 is 1.00 bits per heavy atom. The Kier molecular flexibility index (Phi) is 5.81. The first-order chi connectivity index (χ1) is 14.2. The van der Waals surface area contributed by atoms with Crippen LogP contribution in [-0.4, -0.2) is 56.4 Å². The van der Waals surface area contributed by atoms with Crippen molar-refractivity contribution in [1.29, 1.82) is 0 Å². The van der Waals surface area contributed by atoms with Crippen LogP contribution in [-0.2, 0) is 16.1 Å². The molecular formula is C21H23N3O5. The molecular weight excluding hydrogens is 374 g/mol. The Bertz CT molecular complexity index is 896. The van der Waals surface area contributed by atoms with Gasteiger partial charge in [-0.3, -0.25) is 9.59 Å². The molecule has 0 aliphatic carbocycles. The van der Waals surface area contributed by atoms with Gasteiger partial charge in [-0.15, -0.1) is 0 Å². The van der Waals surface area contributed by atoms with Crippen LogP contribution in [0.2, 0.25) is 0 Å². The first kappa shape index (κ1) is 19.1.